The number of nitrogens with zero attached hydrogens (tertiary/aromatic N) is 1. The number of H-pyrrole nitrogens is 1. The maximum absolute atomic E-state index is 10.9. The first-order valence-electron chi connectivity index (χ1n) is 3.06. The van der Waals surface area contributed by atoms with Gasteiger partial charge in [-0.3, -0.25) is 4.79 Å². The van der Waals surface area contributed by atoms with Crippen LogP contribution in [0, 0.1) is 11.8 Å². The van der Waals surface area contributed by atoms with E-state index in [1.807, 2.05) is 0 Å². The topological polar surface area (TPSA) is 71.8 Å². The van der Waals surface area contributed by atoms with Crippen LogP contribution in [0.5, 0.6) is 0 Å². The maximum Gasteiger partial charge on any atom is 0.266 e. The van der Waals surface area contributed by atoms with E-state index in [1.165, 1.54) is 12.5 Å². The van der Waals surface area contributed by atoms with Crippen LogP contribution in [0.15, 0.2) is 17.3 Å². The second-order valence-corrected chi connectivity index (χ2v) is 1.80. The van der Waals surface area contributed by atoms with Gasteiger partial charge >= 0.3 is 0 Å². The summed E-state index contributed by atoms with van der Waals surface area (Å²) in [6, 6.07) is 0. The van der Waals surface area contributed by atoms with Crippen LogP contribution in [-0.4, -0.2) is 16.5 Å². The van der Waals surface area contributed by atoms with E-state index in [0.717, 1.165) is 0 Å². The van der Waals surface area contributed by atoms with Crippen LogP contribution in [0.3, 0.4) is 0 Å². The molecule has 0 atom stereocenters. The van der Waals surface area contributed by atoms with Gasteiger partial charge in [-0.1, -0.05) is 11.8 Å². The molecule has 0 amide bonds. The molecular formula is C7H7N3O. The summed E-state index contributed by atoms with van der Waals surface area (Å²) in [4.78, 5) is 17.0. The Kier molecular flexibility index (Phi) is 2.42. The first-order chi connectivity index (χ1) is 5.34. The first kappa shape index (κ1) is 7.51. The molecule has 0 bridgehead atoms. The van der Waals surface area contributed by atoms with Crippen LogP contribution in [0.4, 0.5) is 0 Å². The summed E-state index contributed by atoms with van der Waals surface area (Å²) in [6.45, 7) is 0.244. The van der Waals surface area contributed by atoms with Crippen LogP contribution in [0.25, 0.3) is 0 Å². The van der Waals surface area contributed by atoms with Crippen molar-refractivity contribution in [3.05, 3.63) is 28.4 Å². The average molecular weight is 149 g/mol. The van der Waals surface area contributed by atoms with Gasteiger partial charge < -0.3 is 10.7 Å². The molecule has 1 aromatic rings. The normalized spacial score (nSPS) is 8.45. The highest BCUT2D eigenvalue weighted by Gasteiger charge is 1.90. The molecule has 1 aromatic heterocycles. The molecule has 0 radical (unpaired) electrons. The molecule has 1 rings (SSSR count). The lowest BCUT2D eigenvalue weighted by atomic mass is 10.3. The summed E-state index contributed by atoms with van der Waals surface area (Å²) >= 11 is 0. The van der Waals surface area contributed by atoms with Crippen LogP contribution in [0.1, 0.15) is 5.56 Å². The van der Waals surface area contributed by atoms with Crippen molar-refractivity contribution in [2.45, 2.75) is 0 Å². The molecule has 0 aliphatic heterocycles. The van der Waals surface area contributed by atoms with E-state index in [9.17, 15) is 4.79 Å². The zero-order chi connectivity index (χ0) is 8.10. The lowest BCUT2D eigenvalue weighted by Gasteiger charge is -1.84. The van der Waals surface area contributed by atoms with Gasteiger partial charge in [-0.15, -0.1) is 0 Å². The zero-order valence-corrected chi connectivity index (χ0v) is 5.79. The second kappa shape index (κ2) is 3.54. The van der Waals surface area contributed by atoms with Gasteiger partial charge in [-0.25, -0.2) is 4.98 Å². The van der Waals surface area contributed by atoms with E-state index in [2.05, 4.69) is 21.8 Å². The van der Waals surface area contributed by atoms with E-state index >= 15 is 0 Å². The molecule has 56 valence electrons. The van der Waals surface area contributed by atoms with E-state index in [1.54, 1.807) is 0 Å². The first-order valence-corrected chi connectivity index (χ1v) is 3.06. The van der Waals surface area contributed by atoms with Gasteiger partial charge in [0, 0.05) is 6.20 Å². The fourth-order valence-electron chi connectivity index (χ4n) is 0.579. The molecule has 4 heteroatoms. The van der Waals surface area contributed by atoms with Gasteiger partial charge in [0.15, 0.2) is 0 Å². The summed E-state index contributed by atoms with van der Waals surface area (Å²) in [5, 5.41) is 0. The predicted molar refractivity (Wildman–Crippen MR) is 40.8 cm³/mol. The highest BCUT2D eigenvalue weighted by molar-refractivity contribution is 5.29. The zero-order valence-electron chi connectivity index (χ0n) is 5.79. The number of rotatable bonds is 0. The Morgan fingerprint density at radius 3 is 3.18 bits per heavy atom. The third-order valence-corrected chi connectivity index (χ3v) is 1.04. The maximum atomic E-state index is 10.9. The third-order valence-electron chi connectivity index (χ3n) is 1.04. The number of nitrogens with one attached hydrogen (secondary N) is 1. The molecule has 4 nitrogen and oxygen atoms in total. The summed E-state index contributed by atoms with van der Waals surface area (Å²) < 4.78 is 0. The quantitative estimate of drug-likeness (QED) is 0.468. The molecule has 0 spiro atoms. The van der Waals surface area contributed by atoms with E-state index < -0.39 is 0 Å². The van der Waals surface area contributed by atoms with Crippen LogP contribution in [0.2, 0.25) is 0 Å². The molecule has 0 saturated carbocycles. The fourth-order valence-corrected chi connectivity index (χ4v) is 0.579. The summed E-state index contributed by atoms with van der Waals surface area (Å²) in [5.41, 5.74) is 5.23. The molecule has 0 saturated heterocycles. The summed E-state index contributed by atoms with van der Waals surface area (Å²) in [5.74, 6) is 5.15. The Morgan fingerprint density at radius 2 is 2.55 bits per heavy atom. The van der Waals surface area contributed by atoms with Gasteiger partial charge in [0.25, 0.3) is 5.56 Å². The minimum absolute atomic E-state index is 0.235. The lowest BCUT2D eigenvalue weighted by molar-refractivity contribution is 1.10. The van der Waals surface area contributed by atoms with Crippen molar-refractivity contribution in [2.75, 3.05) is 6.54 Å². The number of aromatic nitrogens is 2. The van der Waals surface area contributed by atoms with Crippen molar-refractivity contribution in [3.63, 3.8) is 0 Å². The van der Waals surface area contributed by atoms with Gasteiger partial charge in [0.1, 0.15) is 5.56 Å². The van der Waals surface area contributed by atoms with Crippen molar-refractivity contribution >= 4 is 0 Å². The molecular weight excluding hydrogens is 142 g/mol. The molecule has 11 heavy (non-hydrogen) atoms. The third kappa shape index (κ3) is 1.92. The van der Waals surface area contributed by atoms with Crippen molar-refractivity contribution in [1.29, 1.82) is 0 Å². The van der Waals surface area contributed by atoms with Crippen molar-refractivity contribution in [2.24, 2.45) is 5.73 Å². The van der Waals surface area contributed by atoms with E-state index in [4.69, 9.17) is 5.73 Å². The number of hydrogen-bond donors (Lipinski definition) is 2. The van der Waals surface area contributed by atoms with Crippen LogP contribution >= 0.6 is 0 Å². The Bertz CT molecular complexity index is 344. The number of hydrogen-bond acceptors (Lipinski definition) is 3. The molecule has 0 unspecified atom stereocenters. The minimum atomic E-state index is -0.235. The number of aromatic amines is 1. The SMILES string of the molecule is NCC#Cc1cnc[nH]c1=O. The summed E-state index contributed by atoms with van der Waals surface area (Å²) in [6.07, 6.45) is 2.72. The van der Waals surface area contributed by atoms with Crippen molar-refractivity contribution in [1.82, 2.24) is 9.97 Å². The van der Waals surface area contributed by atoms with Crippen LogP contribution in [-0.2, 0) is 0 Å². The highest BCUT2D eigenvalue weighted by Crippen LogP contribution is 1.79. The second-order valence-electron chi connectivity index (χ2n) is 1.80. The molecule has 0 aliphatic carbocycles. The summed E-state index contributed by atoms with van der Waals surface area (Å²) in [7, 11) is 0. The highest BCUT2D eigenvalue weighted by atomic mass is 16.1. The number of nitrogens with two attached hydrogens (primary N) is 1. The molecule has 1 heterocycles. The fraction of sp³-hybridized carbons (Fsp3) is 0.143. The van der Waals surface area contributed by atoms with Crippen molar-refractivity contribution in [3.8, 4) is 11.8 Å². The van der Waals surface area contributed by atoms with Gasteiger partial charge in [0.2, 0.25) is 0 Å². The Balaban J connectivity index is 3.05. The molecule has 0 aromatic carbocycles. The Labute approximate surface area is 63.5 Å². The van der Waals surface area contributed by atoms with Gasteiger partial charge in [-0.2, -0.15) is 0 Å². The Hall–Kier alpha value is -1.60. The lowest BCUT2D eigenvalue weighted by Crippen LogP contribution is -2.09. The molecule has 0 aliphatic rings. The van der Waals surface area contributed by atoms with Gasteiger partial charge in [-0.05, 0) is 0 Å². The van der Waals surface area contributed by atoms with Crippen LogP contribution < -0.4 is 11.3 Å². The standard InChI is InChI=1S/C7H7N3O/c8-3-1-2-6-4-9-5-10-7(6)11/h4-5H,3,8H2,(H,9,10,11). The smallest absolute Gasteiger partial charge is 0.266 e. The molecule has 3 N–H and O–H groups in total. The largest absolute Gasteiger partial charge is 0.320 e. The Morgan fingerprint density at radius 1 is 1.73 bits per heavy atom. The molecule has 0 fully saturated rings. The predicted octanol–water partition coefficient (Wildman–Crippen LogP) is -0.920. The van der Waals surface area contributed by atoms with Crippen molar-refractivity contribution < 1.29 is 0 Å². The van der Waals surface area contributed by atoms with E-state index in [-0.39, 0.29) is 12.1 Å². The van der Waals surface area contributed by atoms with E-state index in [0.29, 0.717) is 5.56 Å². The monoisotopic (exact) mass is 149 g/mol. The average Bonchev–Trinajstić information content (AvgIpc) is 2.03. The van der Waals surface area contributed by atoms with Gasteiger partial charge in [0.05, 0.1) is 12.9 Å². The minimum Gasteiger partial charge on any atom is -0.320 e.